The number of benzene rings is 2. The quantitative estimate of drug-likeness (QED) is 0.174. The van der Waals surface area contributed by atoms with E-state index < -0.39 is 21.6 Å². The fraction of sp³-hybridized carbons (Fsp3) is 0.725. The fourth-order valence-electron chi connectivity index (χ4n) is 12.7. The molecule has 6 aliphatic carbocycles. The second-order valence-electron chi connectivity index (χ2n) is 19.4. The van der Waals surface area contributed by atoms with Crippen LogP contribution in [0.25, 0.3) is 0 Å². The van der Waals surface area contributed by atoms with Crippen LogP contribution in [0.5, 0.6) is 0 Å². The van der Waals surface area contributed by atoms with Gasteiger partial charge in [-0.2, -0.15) is 0 Å². The topological polar surface area (TPSA) is 0 Å². The molecule has 0 saturated heterocycles. The van der Waals surface area contributed by atoms with E-state index in [2.05, 4.69) is 65.0 Å². The molecule has 320 valence electrons. The van der Waals surface area contributed by atoms with Gasteiger partial charge in [0.1, 0.15) is 0 Å². The van der Waals surface area contributed by atoms with E-state index in [1.807, 2.05) is 12.1 Å². The maximum absolute atomic E-state index is 5.95. The third-order valence-corrected chi connectivity index (χ3v) is 30.5. The molecular formula is C51H82Cl2P2RuSi+2. The van der Waals surface area contributed by atoms with Crippen molar-refractivity contribution in [2.75, 3.05) is 0 Å². The summed E-state index contributed by atoms with van der Waals surface area (Å²) in [5.41, 5.74) is 9.51. The van der Waals surface area contributed by atoms with E-state index in [0.717, 1.165) is 0 Å². The summed E-state index contributed by atoms with van der Waals surface area (Å²) in [6, 6.07) is 21.1. The van der Waals surface area contributed by atoms with Gasteiger partial charge in [0.25, 0.3) is 0 Å². The summed E-state index contributed by atoms with van der Waals surface area (Å²) in [7, 11) is 9.87. The van der Waals surface area contributed by atoms with E-state index in [0.29, 0.717) is 0 Å². The van der Waals surface area contributed by atoms with Gasteiger partial charge in [-0.1, -0.05) is 38.5 Å². The first kappa shape index (κ1) is 46.9. The Bertz CT molecular complexity index is 1250. The van der Waals surface area contributed by atoms with Crippen LogP contribution in [0.2, 0.25) is 6.55 Å². The van der Waals surface area contributed by atoms with Gasteiger partial charge in [0.05, 0.1) is 34.0 Å². The molecule has 0 bridgehead atoms. The zero-order valence-electron chi connectivity index (χ0n) is 36.1. The number of hydrogen-bond acceptors (Lipinski definition) is 0. The van der Waals surface area contributed by atoms with Crippen LogP contribution in [0.15, 0.2) is 66.4 Å². The van der Waals surface area contributed by atoms with Crippen LogP contribution in [-0.4, -0.2) is 46.3 Å². The average Bonchev–Trinajstić information content (AvgIpc) is 3.29. The van der Waals surface area contributed by atoms with Gasteiger partial charge in [0.15, 0.2) is 0 Å². The Morgan fingerprint density at radius 3 is 0.860 bits per heavy atom. The summed E-state index contributed by atoms with van der Waals surface area (Å²) >= 11 is -1.88. The van der Waals surface area contributed by atoms with Crippen molar-refractivity contribution in [1.29, 1.82) is 0 Å². The van der Waals surface area contributed by atoms with E-state index in [9.17, 15) is 0 Å². The minimum atomic E-state index is -1.93. The van der Waals surface area contributed by atoms with Gasteiger partial charge in [-0.3, -0.25) is 0 Å². The molecule has 0 heterocycles. The van der Waals surface area contributed by atoms with Crippen LogP contribution in [-0.2, 0) is 13.5 Å². The first-order valence-electron chi connectivity index (χ1n) is 24.5. The first-order chi connectivity index (χ1) is 28.0. The summed E-state index contributed by atoms with van der Waals surface area (Å²) in [4.78, 5) is 0. The van der Waals surface area contributed by atoms with Crippen molar-refractivity contribution in [2.24, 2.45) is 0 Å². The Labute approximate surface area is 368 Å². The summed E-state index contributed by atoms with van der Waals surface area (Å²) in [5, 5.41) is 2.69. The molecule has 0 N–H and O–H groups in total. The SMILES string of the molecule is C1CCC([PH+](C2CCCCC2)C2CCCCC2)CC1.C1CCC([PH+](C2CCCCC2)C2CCCCC2)CC1.C[Si](C=[C]=[Ru]([Cl])[Cl])(c1ccccc1)c1ccccc1. The molecule has 0 aromatic heterocycles. The Hall–Kier alpha value is 0.370. The fourth-order valence-corrected chi connectivity index (χ4v) is 29.3. The van der Waals surface area contributed by atoms with Crippen molar-refractivity contribution >= 4 is 57.9 Å². The Kier molecular flexibility index (Phi) is 21.5. The van der Waals surface area contributed by atoms with Gasteiger partial charge in [-0.05, 0) is 154 Å². The Balaban J connectivity index is 0.000000145. The van der Waals surface area contributed by atoms with Gasteiger partial charge in [0, 0.05) is 15.8 Å². The Morgan fingerprint density at radius 2 is 0.649 bits per heavy atom. The second kappa shape index (κ2) is 26.1. The van der Waals surface area contributed by atoms with E-state index in [-0.39, 0.29) is 15.8 Å². The summed E-state index contributed by atoms with van der Waals surface area (Å²) < 4.78 is 3.19. The minimum absolute atomic E-state index is 0.0465. The van der Waals surface area contributed by atoms with Crippen molar-refractivity contribution in [3.63, 3.8) is 0 Å². The predicted octanol–water partition coefficient (Wildman–Crippen LogP) is 15.7. The molecular weight excluding hydrogens is 875 g/mol. The zero-order chi connectivity index (χ0) is 39.5. The predicted molar refractivity (Wildman–Crippen MR) is 263 cm³/mol. The van der Waals surface area contributed by atoms with Crippen molar-refractivity contribution in [3.05, 3.63) is 66.4 Å². The summed E-state index contributed by atoms with van der Waals surface area (Å²) in [6.45, 7) is 2.30. The monoisotopic (exact) mass is 956 g/mol. The van der Waals surface area contributed by atoms with Crippen molar-refractivity contribution in [3.8, 4) is 0 Å². The molecule has 2 aromatic carbocycles. The molecule has 57 heavy (non-hydrogen) atoms. The molecule has 6 saturated carbocycles. The summed E-state index contributed by atoms with van der Waals surface area (Å²) in [5.74, 6) is 0. The number of rotatable bonds is 9. The van der Waals surface area contributed by atoms with Crippen molar-refractivity contribution in [2.45, 2.75) is 233 Å². The summed E-state index contributed by atoms with van der Waals surface area (Å²) in [6.07, 6.45) is 47.6. The van der Waals surface area contributed by atoms with Crippen LogP contribution in [0.3, 0.4) is 0 Å². The maximum atomic E-state index is 5.95. The molecule has 2 aromatic rings. The molecule has 0 spiro atoms. The Morgan fingerprint density at radius 1 is 0.421 bits per heavy atom. The molecule has 0 amide bonds. The van der Waals surface area contributed by atoms with Crippen molar-refractivity contribution in [1.82, 2.24) is 0 Å². The van der Waals surface area contributed by atoms with Crippen molar-refractivity contribution < 1.29 is 13.5 Å². The van der Waals surface area contributed by atoms with Crippen LogP contribution in [0.4, 0.5) is 0 Å². The van der Waals surface area contributed by atoms with Gasteiger partial charge >= 0.3 is 129 Å². The molecule has 6 fully saturated rings. The van der Waals surface area contributed by atoms with Gasteiger partial charge in [0.2, 0.25) is 0 Å². The molecule has 0 unspecified atom stereocenters. The zero-order valence-corrected chi connectivity index (χ0v) is 42.4. The molecule has 6 aliphatic rings. The normalized spacial score (nSPS) is 23.1. The second-order valence-corrected chi connectivity index (χ2v) is 35.5. The average molecular weight is 957 g/mol. The van der Waals surface area contributed by atoms with Crippen LogP contribution < -0.4 is 10.4 Å². The molecule has 6 heteroatoms. The molecule has 0 atom stereocenters. The molecule has 8 rings (SSSR count). The van der Waals surface area contributed by atoms with E-state index in [1.54, 1.807) is 193 Å². The third kappa shape index (κ3) is 14.7. The van der Waals surface area contributed by atoms with Gasteiger partial charge in [-0.15, -0.1) is 0 Å². The third-order valence-electron chi connectivity index (χ3n) is 15.6. The van der Waals surface area contributed by atoms with Crippen LogP contribution in [0.1, 0.15) is 193 Å². The van der Waals surface area contributed by atoms with E-state index in [1.165, 1.54) is 44.3 Å². The van der Waals surface area contributed by atoms with Crippen LogP contribution >= 0.6 is 35.2 Å². The first-order valence-corrected chi connectivity index (χ1v) is 35.9. The standard InChI is InChI=1S/2C18H33P.C15H14Si.2ClH.Ru/c2*1-4-10-16(11-5-1)19(17-12-6-2-7-13-17)18-14-8-3-9-15-18;1-3-16(2,14-10-6-4-7-11-14)15-12-8-5-9-13-15;;;/h2*16-18H,1-15H2;3-13H,2H3;2*1H;/q;;;;;+2. The van der Waals surface area contributed by atoms with E-state index in [4.69, 9.17) is 19.4 Å². The van der Waals surface area contributed by atoms with Crippen LogP contribution in [0, 0.1) is 0 Å². The molecule has 0 aliphatic heterocycles. The molecule has 0 radical (unpaired) electrons. The van der Waals surface area contributed by atoms with E-state index >= 15 is 0 Å². The molecule has 0 nitrogen and oxygen atoms in total. The number of hydrogen-bond donors (Lipinski definition) is 0. The van der Waals surface area contributed by atoms with Gasteiger partial charge < -0.3 is 0 Å². The van der Waals surface area contributed by atoms with Gasteiger partial charge in [-0.25, -0.2) is 0 Å². The number of halogens is 2.